The number of carbonyl (C=O) groups is 1. The molecule has 194 valence electrons. The highest BCUT2D eigenvalue weighted by atomic mass is 32.2. The van der Waals surface area contributed by atoms with E-state index >= 15 is 0 Å². The SMILES string of the molecule is COc1ccc([C@@H](C)NC(=O)/C(C#N)=C/c2c[nH]c3ncc(-c4cccc(S(C)(=O)=O)c4)cc23)cc1OC. The van der Waals surface area contributed by atoms with Crippen LogP contribution >= 0.6 is 0 Å². The number of nitrogens with one attached hydrogen (secondary N) is 2. The molecule has 1 amide bonds. The van der Waals surface area contributed by atoms with E-state index in [4.69, 9.17) is 9.47 Å². The lowest BCUT2D eigenvalue weighted by atomic mass is 10.0. The summed E-state index contributed by atoms with van der Waals surface area (Å²) in [5.41, 5.74) is 3.24. The van der Waals surface area contributed by atoms with Gasteiger partial charge in [0.05, 0.1) is 25.2 Å². The van der Waals surface area contributed by atoms with E-state index in [2.05, 4.69) is 15.3 Å². The maximum absolute atomic E-state index is 13.0. The minimum atomic E-state index is -3.37. The summed E-state index contributed by atoms with van der Waals surface area (Å²) >= 11 is 0. The van der Waals surface area contributed by atoms with E-state index < -0.39 is 21.8 Å². The molecule has 10 heteroatoms. The van der Waals surface area contributed by atoms with Gasteiger partial charge in [0.15, 0.2) is 21.3 Å². The summed E-state index contributed by atoms with van der Waals surface area (Å²) in [6.07, 6.45) is 5.95. The molecule has 0 saturated carbocycles. The molecule has 0 aliphatic rings. The molecule has 0 aliphatic carbocycles. The summed E-state index contributed by atoms with van der Waals surface area (Å²) in [7, 11) is -0.292. The number of ether oxygens (including phenoxy) is 2. The Morgan fingerprint density at radius 3 is 2.55 bits per heavy atom. The molecule has 38 heavy (non-hydrogen) atoms. The fourth-order valence-electron chi connectivity index (χ4n) is 3.99. The Labute approximate surface area is 220 Å². The molecule has 0 bridgehead atoms. The average molecular weight is 531 g/mol. The number of sulfone groups is 1. The lowest BCUT2D eigenvalue weighted by Gasteiger charge is -2.16. The molecular weight excluding hydrogens is 504 g/mol. The summed E-state index contributed by atoms with van der Waals surface area (Å²) in [5, 5.41) is 13.3. The number of hydrogen-bond acceptors (Lipinski definition) is 7. The molecule has 2 N–H and O–H groups in total. The van der Waals surface area contributed by atoms with Crippen molar-refractivity contribution in [2.75, 3.05) is 20.5 Å². The minimum absolute atomic E-state index is 0.0808. The summed E-state index contributed by atoms with van der Waals surface area (Å²) in [6, 6.07) is 15.3. The first-order chi connectivity index (χ1) is 18.1. The normalized spacial score (nSPS) is 12.6. The van der Waals surface area contributed by atoms with Gasteiger partial charge in [0.25, 0.3) is 5.91 Å². The number of aromatic amines is 1. The maximum Gasteiger partial charge on any atom is 0.262 e. The zero-order valence-corrected chi connectivity index (χ0v) is 22.1. The Morgan fingerprint density at radius 2 is 1.87 bits per heavy atom. The van der Waals surface area contributed by atoms with E-state index in [9.17, 15) is 18.5 Å². The number of fused-ring (bicyclic) bond motifs is 1. The fourth-order valence-corrected chi connectivity index (χ4v) is 4.66. The largest absolute Gasteiger partial charge is 0.493 e. The van der Waals surface area contributed by atoms with Crippen LogP contribution in [0.15, 0.2) is 71.4 Å². The Bertz CT molecular complexity index is 1700. The van der Waals surface area contributed by atoms with Crippen molar-refractivity contribution in [1.29, 1.82) is 5.26 Å². The fraction of sp³-hybridized carbons (Fsp3) is 0.179. The van der Waals surface area contributed by atoms with Crippen LogP contribution in [-0.2, 0) is 14.6 Å². The molecule has 0 saturated heterocycles. The van der Waals surface area contributed by atoms with Crippen LogP contribution in [0.25, 0.3) is 28.2 Å². The van der Waals surface area contributed by atoms with Crippen LogP contribution in [0.2, 0.25) is 0 Å². The number of carbonyl (C=O) groups excluding carboxylic acids is 1. The van der Waals surface area contributed by atoms with Gasteiger partial charge in [-0.05, 0) is 54.5 Å². The first kappa shape index (κ1) is 26.4. The lowest BCUT2D eigenvalue weighted by molar-refractivity contribution is -0.117. The van der Waals surface area contributed by atoms with Crippen LogP contribution in [0, 0.1) is 11.3 Å². The molecule has 0 unspecified atom stereocenters. The topological polar surface area (TPSA) is 134 Å². The second-order valence-corrected chi connectivity index (χ2v) is 10.7. The third-order valence-corrected chi connectivity index (χ3v) is 7.19. The smallest absolute Gasteiger partial charge is 0.262 e. The van der Waals surface area contributed by atoms with E-state index in [1.165, 1.54) is 19.3 Å². The number of hydrogen-bond donors (Lipinski definition) is 2. The maximum atomic E-state index is 13.0. The molecule has 0 spiro atoms. The van der Waals surface area contributed by atoms with Crippen molar-refractivity contribution in [2.45, 2.75) is 17.9 Å². The van der Waals surface area contributed by atoms with Crippen molar-refractivity contribution in [3.8, 4) is 28.7 Å². The second-order valence-electron chi connectivity index (χ2n) is 8.64. The Kier molecular flexibility index (Phi) is 7.50. The summed E-state index contributed by atoms with van der Waals surface area (Å²) in [4.78, 5) is 20.7. The van der Waals surface area contributed by atoms with Crippen molar-refractivity contribution < 1.29 is 22.7 Å². The molecule has 2 heterocycles. The number of nitriles is 1. The van der Waals surface area contributed by atoms with Gasteiger partial charge in [-0.2, -0.15) is 5.26 Å². The average Bonchev–Trinajstić information content (AvgIpc) is 3.32. The van der Waals surface area contributed by atoms with E-state index in [0.29, 0.717) is 39.2 Å². The lowest BCUT2D eigenvalue weighted by Crippen LogP contribution is -2.27. The number of benzene rings is 2. The number of nitrogens with zero attached hydrogens (tertiary/aromatic N) is 2. The molecule has 0 radical (unpaired) electrons. The third-order valence-electron chi connectivity index (χ3n) is 6.08. The molecule has 2 aromatic carbocycles. The molecule has 2 aromatic heterocycles. The van der Waals surface area contributed by atoms with Gasteiger partial charge in [-0.3, -0.25) is 4.79 Å². The first-order valence-electron chi connectivity index (χ1n) is 11.6. The summed E-state index contributed by atoms with van der Waals surface area (Å²) < 4.78 is 34.6. The molecule has 0 aliphatic heterocycles. The standard InChI is InChI=1S/C28H26N4O5S/c1-17(18-8-9-25(36-2)26(13-18)37-3)32-28(33)20(14-29)10-22-16-31-27-24(22)12-21(15-30-27)19-6-5-7-23(11-19)38(4,34)35/h5-13,15-17H,1-4H3,(H,30,31)(H,32,33)/b20-10+/t17-/m1/s1. The van der Waals surface area contributed by atoms with Gasteiger partial charge >= 0.3 is 0 Å². The minimum Gasteiger partial charge on any atom is -0.493 e. The van der Waals surface area contributed by atoms with E-state index in [1.807, 2.05) is 18.2 Å². The quantitative estimate of drug-likeness (QED) is 0.254. The predicted molar refractivity (Wildman–Crippen MR) is 144 cm³/mol. The predicted octanol–water partition coefficient (Wildman–Crippen LogP) is 4.43. The van der Waals surface area contributed by atoms with Gasteiger partial charge in [0.1, 0.15) is 17.3 Å². The summed E-state index contributed by atoms with van der Waals surface area (Å²) in [5.74, 6) is 0.572. The third kappa shape index (κ3) is 5.53. The van der Waals surface area contributed by atoms with Crippen LogP contribution in [0.1, 0.15) is 24.1 Å². The van der Waals surface area contributed by atoms with E-state index in [-0.39, 0.29) is 10.5 Å². The van der Waals surface area contributed by atoms with Crippen molar-refractivity contribution in [2.24, 2.45) is 0 Å². The van der Waals surface area contributed by atoms with E-state index in [0.717, 1.165) is 11.8 Å². The van der Waals surface area contributed by atoms with Crippen molar-refractivity contribution in [3.63, 3.8) is 0 Å². The number of rotatable bonds is 8. The molecule has 9 nitrogen and oxygen atoms in total. The zero-order chi connectivity index (χ0) is 27.4. The highest BCUT2D eigenvalue weighted by Gasteiger charge is 2.17. The van der Waals surface area contributed by atoms with Crippen molar-refractivity contribution in [1.82, 2.24) is 15.3 Å². The highest BCUT2D eigenvalue weighted by molar-refractivity contribution is 7.90. The van der Waals surface area contributed by atoms with Crippen LogP contribution in [0.4, 0.5) is 0 Å². The Morgan fingerprint density at radius 1 is 1.11 bits per heavy atom. The van der Waals surface area contributed by atoms with E-state index in [1.54, 1.807) is 56.8 Å². The zero-order valence-electron chi connectivity index (χ0n) is 21.3. The van der Waals surface area contributed by atoms with Crippen molar-refractivity contribution in [3.05, 3.63) is 77.6 Å². The van der Waals surface area contributed by atoms with Gasteiger partial charge < -0.3 is 19.8 Å². The first-order valence-corrected chi connectivity index (χ1v) is 13.5. The van der Waals surface area contributed by atoms with Gasteiger partial charge in [0, 0.05) is 35.2 Å². The monoisotopic (exact) mass is 530 g/mol. The van der Waals surface area contributed by atoms with Crippen LogP contribution in [-0.4, -0.2) is 44.8 Å². The number of methoxy groups -OCH3 is 2. The van der Waals surface area contributed by atoms with Gasteiger partial charge in [0.2, 0.25) is 0 Å². The van der Waals surface area contributed by atoms with Crippen LogP contribution < -0.4 is 14.8 Å². The molecule has 1 atom stereocenters. The van der Waals surface area contributed by atoms with Crippen LogP contribution in [0.3, 0.4) is 0 Å². The number of pyridine rings is 1. The summed E-state index contributed by atoms with van der Waals surface area (Å²) in [6.45, 7) is 1.81. The highest BCUT2D eigenvalue weighted by Crippen LogP contribution is 2.30. The molecule has 4 aromatic rings. The van der Waals surface area contributed by atoms with Crippen molar-refractivity contribution >= 4 is 32.9 Å². The Balaban J connectivity index is 1.63. The molecule has 4 rings (SSSR count). The second kappa shape index (κ2) is 10.8. The number of amides is 1. The Hall–Kier alpha value is -4.62. The number of aromatic nitrogens is 2. The van der Waals surface area contributed by atoms with Gasteiger partial charge in [-0.15, -0.1) is 0 Å². The van der Waals surface area contributed by atoms with Gasteiger partial charge in [-0.25, -0.2) is 13.4 Å². The molecular formula is C28H26N4O5S. The molecule has 0 fully saturated rings. The number of H-pyrrole nitrogens is 1. The van der Waals surface area contributed by atoms with Gasteiger partial charge in [-0.1, -0.05) is 18.2 Å². The van der Waals surface area contributed by atoms with Crippen LogP contribution in [0.5, 0.6) is 11.5 Å².